The van der Waals surface area contributed by atoms with Gasteiger partial charge in [0.1, 0.15) is 0 Å². The molecule has 7 heteroatoms. The zero-order valence-electron chi connectivity index (χ0n) is 9.19. The minimum Gasteiger partial charge on any atom is -0.398 e. The van der Waals surface area contributed by atoms with Gasteiger partial charge < -0.3 is 11.1 Å². The minimum absolute atomic E-state index is 0.193. The summed E-state index contributed by atoms with van der Waals surface area (Å²) in [7, 11) is -3.45. The fraction of sp³-hybridized carbons (Fsp3) is 0.400. The third-order valence-electron chi connectivity index (χ3n) is 2.69. The molecule has 1 aliphatic rings. The number of benzene rings is 1. The largest absolute Gasteiger partial charge is 0.398 e. The van der Waals surface area contributed by atoms with Crippen LogP contribution in [0.15, 0.2) is 23.1 Å². The second-order valence-electron chi connectivity index (χ2n) is 3.84. The first-order valence-electron chi connectivity index (χ1n) is 5.28. The molecule has 1 heterocycles. The van der Waals surface area contributed by atoms with Crippen molar-refractivity contribution in [3.63, 3.8) is 0 Å². The fourth-order valence-electron chi connectivity index (χ4n) is 1.70. The number of halogens is 1. The van der Waals surface area contributed by atoms with Gasteiger partial charge in [0, 0.05) is 26.2 Å². The summed E-state index contributed by atoms with van der Waals surface area (Å²) < 4.78 is 25.9. The third-order valence-corrected chi connectivity index (χ3v) is 4.91. The average molecular weight is 276 g/mol. The van der Waals surface area contributed by atoms with Crippen LogP contribution in [0.5, 0.6) is 0 Å². The molecule has 0 amide bonds. The zero-order chi connectivity index (χ0) is 12.5. The maximum absolute atomic E-state index is 12.2. The summed E-state index contributed by atoms with van der Waals surface area (Å²) in [6, 6.07) is 4.39. The lowest BCUT2D eigenvalue weighted by Gasteiger charge is -2.26. The highest BCUT2D eigenvalue weighted by Crippen LogP contribution is 2.24. The van der Waals surface area contributed by atoms with Gasteiger partial charge in [0.25, 0.3) is 0 Å². The molecule has 2 rings (SSSR count). The van der Waals surface area contributed by atoms with E-state index in [1.807, 2.05) is 0 Å². The lowest BCUT2D eigenvalue weighted by Crippen LogP contribution is -2.46. The summed E-state index contributed by atoms with van der Waals surface area (Å²) >= 11 is 5.84. The summed E-state index contributed by atoms with van der Waals surface area (Å²) in [6.07, 6.45) is 0. The number of piperazine rings is 1. The van der Waals surface area contributed by atoms with E-state index in [-0.39, 0.29) is 9.92 Å². The number of hydrogen-bond donors (Lipinski definition) is 2. The quantitative estimate of drug-likeness (QED) is 0.772. The molecule has 3 N–H and O–H groups in total. The first kappa shape index (κ1) is 12.6. The molecule has 1 saturated heterocycles. The third kappa shape index (κ3) is 2.55. The molecule has 0 aliphatic carbocycles. The van der Waals surface area contributed by atoms with Crippen molar-refractivity contribution in [2.45, 2.75) is 4.90 Å². The van der Waals surface area contributed by atoms with Crippen molar-refractivity contribution >= 4 is 27.3 Å². The van der Waals surface area contributed by atoms with E-state index in [0.29, 0.717) is 31.9 Å². The zero-order valence-corrected chi connectivity index (χ0v) is 10.8. The van der Waals surface area contributed by atoms with Crippen LogP contribution in [0.1, 0.15) is 0 Å². The van der Waals surface area contributed by atoms with Crippen LogP contribution in [0.2, 0.25) is 5.02 Å². The van der Waals surface area contributed by atoms with Gasteiger partial charge in [-0.25, -0.2) is 8.42 Å². The summed E-state index contributed by atoms with van der Waals surface area (Å²) in [5, 5.41) is 3.37. The molecule has 0 unspecified atom stereocenters. The van der Waals surface area contributed by atoms with E-state index in [2.05, 4.69) is 5.32 Å². The SMILES string of the molecule is Nc1ccc(S(=O)(=O)N2CCNCC2)cc1Cl. The van der Waals surface area contributed by atoms with Crippen molar-refractivity contribution in [3.05, 3.63) is 23.2 Å². The first-order chi connectivity index (χ1) is 8.01. The van der Waals surface area contributed by atoms with Gasteiger partial charge in [-0.2, -0.15) is 4.31 Å². The van der Waals surface area contributed by atoms with E-state index in [0.717, 1.165) is 0 Å². The van der Waals surface area contributed by atoms with Gasteiger partial charge in [0.2, 0.25) is 10.0 Å². The molecule has 94 valence electrons. The van der Waals surface area contributed by atoms with Gasteiger partial charge >= 0.3 is 0 Å². The maximum Gasteiger partial charge on any atom is 0.243 e. The molecule has 17 heavy (non-hydrogen) atoms. The normalized spacial score (nSPS) is 18.2. The Bertz CT molecular complexity index is 512. The maximum atomic E-state index is 12.2. The van der Waals surface area contributed by atoms with Gasteiger partial charge in [-0.1, -0.05) is 11.6 Å². The van der Waals surface area contributed by atoms with Crippen LogP contribution >= 0.6 is 11.6 Å². The van der Waals surface area contributed by atoms with E-state index in [1.165, 1.54) is 22.5 Å². The van der Waals surface area contributed by atoms with Crippen molar-refractivity contribution in [2.24, 2.45) is 0 Å². The first-order valence-corrected chi connectivity index (χ1v) is 7.09. The van der Waals surface area contributed by atoms with Gasteiger partial charge in [0.15, 0.2) is 0 Å². The Balaban J connectivity index is 2.33. The molecule has 1 aliphatic heterocycles. The van der Waals surface area contributed by atoms with E-state index in [4.69, 9.17) is 17.3 Å². The fourth-order valence-corrected chi connectivity index (χ4v) is 3.42. The van der Waals surface area contributed by atoms with E-state index in [9.17, 15) is 8.42 Å². The minimum atomic E-state index is -3.45. The second-order valence-corrected chi connectivity index (χ2v) is 6.18. The highest BCUT2D eigenvalue weighted by Gasteiger charge is 2.26. The summed E-state index contributed by atoms with van der Waals surface area (Å²) in [5.41, 5.74) is 5.94. The number of rotatable bonds is 2. The van der Waals surface area contributed by atoms with Gasteiger partial charge in [-0.3, -0.25) is 0 Å². The van der Waals surface area contributed by atoms with Crippen molar-refractivity contribution in [2.75, 3.05) is 31.9 Å². The van der Waals surface area contributed by atoms with Crippen LogP contribution < -0.4 is 11.1 Å². The monoisotopic (exact) mass is 275 g/mol. The van der Waals surface area contributed by atoms with Gasteiger partial charge in [-0.05, 0) is 18.2 Å². The van der Waals surface area contributed by atoms with Crippen molar-refractivity contribution in [1.82, 2.24) is 9.62 Å². The van der Waals surface area contributed by atoms with E-state index < -0.39 is 10.0 Å². The molecule has 1 aromatic rings. The predicted octanol–water partition coefficient (Wildman–Crippen LogP) is 0.516. The number of hydrogen-bond acceptors (Lipinski definition) is 4. The molecule has 0 saturated carbocycles. The van der Waals surface area contributed by atoms with Gasteiger partial charge in [-0.15, -0.1) is 0 Å². The number of nitrogen functional groups attached to an aromatic ring is 1. The van der Waals surface area contributed by atoms with Crippen molar-refractivity contribution in [3.8, 4) is 0 Å². The second kappa shape index (κ2) is 4.81. The number of nitrogens with two attached hydrogens (primary N) is 1. The molecule has 0 radical (unpaired) electrons. The molecule has 0 spiro atoms. The van der Waals surface area contributed by atoms with Crippen LogP contribution in [-0.2, 0) is 10.0 Å². The molecule has 0 atom stereocenters. The molecule has 0 bridgehead atoms. The Morgan fingerprint density at radius 1 is 1.29 bits per heavy atom. The van der Waals surface area contributed by atoms with Crippen LogP contribution in [0.25, 0.3) is 0 Å². The van der Waals surface area contributed by atoms with Crippen LogP contribution in [-0.4, -0.2) is 38.9 Å². The standard InChI is InChI=1S/C10H14ClN3O2S/c11-9-7-8(1-2-10(9)12)17(15,16)14-5-3-13-4-6-14/h1-2,7,13H,3-6,12H2. The van der Waals surface area contributed by atoms with Crippen LogP contribution in [0, 0.1) is 0 Å². The number of anilines is 1. The van der Waals surface area contributed by atoms with Crippen molar-refractivity contribution < 1.29 is 8.42 Å². The molecule has 1 aromatic carbocycles. The van der Waals surface area contributed by atoms with E-state index in [1.54, 1.807) is 0 Å². The highest BCUT2D eigenvalue weighted by molar-refractivity contribution is 7.89. The number of nitrogens with one attached hydrogen (secondary N) is 1. The van der Waals surface area contributed by atoms with Crippen LogP contribution in [0.4, 0.5) is 5.69 Å². The van der Waals surface area contributed by atoms with Gasteiger partial charge in [0.05, 0.1) is 15.6 Å². The Labute approximate surface area is 106 Å². The lowest BCUT2D eigenvalue weighted by atomic mass is 10.3. The Morgan fingerprint density at radius 2 is 1.94 bits per heavy atom. The molecular weight excluding hydrogens is 262 g/mol. The Morgan fingerprint density at radius 3 is 2.53 bits per heavy atom. The van der Waals surface area contributed by atoms with Crippen LogP contribution in [0.3, 0.4) is 0 Å². The average Bonchev–Trinajstić information content (AvgIpc) is 2.33. The topological polar surface area (TPSA) is 75.4 Å². The number of sulfonamides is 1. The molecule has 5 nitrogen and oxygen atoms in total. The summed E-state index contributed by atoms with van der Waals surface area (Å²) in [5.74, 6) is 0. The molecular formula is C10H14ClN3O2S. The number of nitrogens with zero attached hydrogens (tertiary/aromatic N) is 1. The van der Waals surface area contributed by atoms with E-state index >= 15 is 0 Å². The Hall–Kier alpha value is -0.820. The molecule has 1 fully saturated rings. The highest BCUT2D eigenvalue weighted by atomic mass is 35.5. The smallest absolute Gasteiger partial charge is 0.243 e. The predicted molar refractivity (Wildman–Crippen MR) is 67.5 cm³/mol. The van der Waals surface area contributed by atoms with Crippen molar-refractivity contribution in [1.29, 1.82) is 0 Å². The Kier molecular flexibility index (Phi) is 3.58. The molecule has 0 aromatic heterocycles. The lowest BCUT2D eigenvalue weighted by molar-refractivity contribution is 0.360. The summed E-state index contributed by atoms with van der Waals surface area (Å²) in [6.45, 7) is 2.29. The summed E-state index contributed by atoms with van der Waals surface area (Å²) in [4.78, 5) is 0.193.